The van der Waals surface area contributed by atoms with Gasteiger partial charge in [-0.2, -0.15) is 0 Å². The number of hydrogen-bond donors (Lipinski definition) is 0. The molecule has 3 rings (SSSR count). The predicted molar refractivity (Wildman–Crippen MR) is 75.6 cm³/mol. The smallest absolute Gasteiger partial charge is 0.259 e. The summed E-state index contributed by atoms with van der Waals surface area (Å²) in [6.07, 6.45) is 3.24. The summed E-state index contributed by atoms with van der Waals surface area (Å²) in [6.45, 7) is 1.05. The van der Waals surface area contributed by atoms with Crippen molar-refractivity contribution in [3.63, 3.8) is 0 Å². The SMILES string of the molecule is O=C(c1ccncc1Br)N1CCOc2ccccc21. The Balaban J connectivity index is 2.00. The zero-order chi connectivity index (χ0) is 13.2. The van der Waals surface area contributed by atoms with Crippen LogP contribution in [0.2, 0.25) is 0 Å². The molecule has 0 saturated heterocycles. The molecule has 0 N–H and O–H groups in total. The Morgan fingerprint density at radius 1 is 1.32 bits per heavy atom. The second kappa shape index (κ2) is 5.01. The third-order valence-electron chi connectivity index (χ3n) is 2.98. The lowest BCUT2D eigenvalue weighted by atomic mass is 10.2. The molecule has 0 spiro atoms. The first-order chi connectivity index (χ1) is 9.27. The van der Waals surface area contributed by atoms with Gasteiger partial charge in [0.05, 0.1) is 17.8 Å². The minimum atomic E-state index is -0.0509. The van der Waals surface area contributed by atoms with Crippen LogP contribution in [0.4, 0.5) is 5.69 Å². The molecule has 5 heteroatoms. The normalized spacial score (nSPS) is 13.6. The largest absolute Gasteiger partial charge is 0.490 e. The average Bonchev–Trinajstić information content (AvgIpc) is 2.46. The maximum Gasteiger partial charge on any atom is 0.259 e. The molecule has 2 heterocycles. The number of carbonyl (C=O) groups excluding carboxylic acids is 1. The van der Waals surface area contributed by atoms with E-state index in [1.807, 2.05) is 24.3 Å². The van der Waals surface area contributed by atoms with Crippen molar-refractivity contribution in [2.24, 2.45) is 0 Å². The summed E-state index contributed by atoms with van der Waals surface area (Å²) in [6, 6.07) is 9.27. The summed E-state index contributed by atoms with van der Waals surface area (Å²) in [4.78, 5) is 18.3. The maximum atomic E-state index is 12.6. The van der Waals surface area contributed by atoms with Gasteiger partial charge in [-0.25, -0.2) is 0 Å². The first-order valence-electron chi connectivity index (χ1n) is 5.90. The van der Waals surface area contributed by atoms with Gasteiger partial charge in [-0.3, -0.25) is 9.78 Å². The number of benzene rings is 1. The molecule has 0 fully saturated rings. The number of ether oxygens (including phenoxy) is 1. The van der Waals surface area contributed by atoms with Crippen molar-refractivity contribution in [3.8, 4) is 5.75 Å². The molecule has 1 aromatic heterocycles. The van der Waals surface area contributed by atoms with Gasteiger partial charge in [0.25, 0.3) is 5.91 Å². The molecule has 19 heavy (non-hydrogen) atoms. The van der Waals surface area contributed by atoms with E-state index < -0.39 is 0 Å². The standard InChI is InChI=1S/C14H11BrN2O2/c15-11-9-16-6-5-10(11)14(18)17-7-8-19-13-4-2-1-3-12(13)17/h1-6,9H,7-8H2. The van der Waals surface area contributed by atoms with Gasteiger partial charge >= 0.3 is 0 Å². The maximum absolute atomic E-state index is 12.6. The van der Waals surface area contributed by atoms with Gasteiger partial charge in [-0.1, -0.05) is 12.1 Å². The Hall–Kier alpha value is -1.88. The Morgan fingerprint density at radius 2 is 2.16 bits per heavy atom. The molecule has 0 bridgehead atoms. The van der Waals surface area contributed by atoms with E-state index in [2.05, 4.69) is 20.9 Å². The third kappa shape index (κ3) is 2.21. The summed E-state index contributed by atoms with van der Waals surface area (Å²) in [5.74, 6) is 0.692. The fourth-order valence-electron chi connectivity index (χ4n) is 2.07. The van der Waals surface area contributed by atoms with Gasteiger partial charge in [0, 0.05) is 16.9 Å². The van der Waals surface area contributed by atoms with Crippen molar-refractivity contribution in [3.05, 3.63) is 52.8 Å². The second-order valence-corrected chi connectivity index (χ2v) is 4.98. The Labute approximate surface area is 119 Å². The van der Waals surface area contributed by atoms with Gasteiger partial charge in [0.15, 0.2) is 0 Å². The number of para-hydroxylation sites is 2. The molecule has 1 aliphatic heterocycles. The van der Waals surface area contributed by atoms with Crippen LogP contribution in [0.25, 0.3) is 0 Å². The number of carbonyl (C=O) groups is 1. The van der Waals surface area contributed by atoms with Crippen molar-refractivity contribution >= 4 is 27.5 Å². The first kappa shape index (κ1) is 12.2. The molecule has 96 valence electrons. The van der Waals surface area contributed by atoms with Gasteiger partial charge in [0.2, 0.25) is 0 Å². The highest BCUT2D eigenvalue weighted by Gasteiger charge is 2.25. The van der Waals surface area contributed by atoms with E-state index >= 15 is 0 Å². The van der Waals surface area contributed by atoms with Crippen LogP contribution < -0.4 is 9.64 Å². The predicted octanol–water partition coefficient (Wildman–Crippen LogP) is 2.88. The minimum absolute atomic E-state index is 0.0509. The van der Waals surface area contributed by atoms with Crippen LogP contribution >= 0.6 is 15.9 Å². The monoisotopic (exact) mass is 318 g/mol. The third-order valence-corrected chi connectivity index (χ3v) is 3.61. The van der Waals surface area contributed by atoms with Gasteiger partial charge < -0.3 is 9.64 Å². The molecule has 0 atom stereocenters. The fraction of sp³-hybridized carbons (Fsp3) is 0.143. The van der Waals surface area contributed by atoms with Crippen molar-refractivity contribution in [1.82, 2.24) is 4.98 Å². The Bertz CT molecular complexity index is 630. The molecule has 2 aromatic rings. The Kier molecular flexibility index (Phi) is 3.21. The number of fused-ring (bicyclic) bond motifs is 1. The van der Waals surface area contributed by atoms with Crippen LogP contribution in [0, 0.1) is 0 Å². The van der Waals surface area contributed by atoms with Crippen LogP contribution in [0.5, 0.6) is 5.75 Å². The van der Waals surface area contributed by atoms with Crippen molar-refractivity contribution in [2.45, 2.75) is 0 Å². The quantitative estimate of drug-likeness (QED) is 0.812. The zero-order valence-electron chi connectivity index (χ0n) is 10.0. The number of anilines is 1. The van der Waals surface area contributed by atoms with Crippen LogP contribution in [0.1, 0.15) is 10.4 Å². The highest BCUT2D eigenvalue weighted by molar-refractivity contribution is 9.10. The molecule has 0 radical (unpaired) electrons. The van der Waals surface area contributed by atoms with E-state index in [0.717, 1.165) is 11.4 Å². The van der Waals surface area contributed by atoms with Gasteiger partial charge in [-0.05, 0) is 34.1 Å². The summed E-state index contributed by atoms with van der Waals surface area (Å²) in [5, 5.41) is 0. The molecular weight excluding hydrogens is 308 g/mol. The summed E-state index contributed by atoms with van der Waals surface area (Å²) in [7, 11) is 0. The number of aromatic nitrogens is 1. The average molecular weight is 319 g/mol. The van der Waals surface area contributed by atoms with E-state index in [4.69, 9.17) is 4.74 Å². The van der Waals surface area contributed by atoms with E-state index in [1.165, 1.54) is 0 Å². The minimum Gasteiger partial charge on any atom is -0.490 e. The number of rotatable bonds is 1. The van der Waals surface area contributed by atoms with Crippen LogP contribution in [-0.2, 0) is 0 Å². The lowest BCUT2D eigenvalue weighted by Crippen LogP contribution is -2.38. The zero-order valence-corrected chi connectivity index (χ0v) is 11.6. The molecule has 1 amide bonds. The second-order valence-electron chi connectivity index (χ2n) is 4.13. The molecule has 0 saturated carbocycles. The summed E-state index contributed by atoms with van der Waals surface area (Å²) in [5.41, 5.74) is 1.41. The molecule has 0 aliphatic carbocycles. The van der Waals surface area contributed by atoms with Crippen molar-refractivity contribution in [2.75, 3.05) is 18.1 Å². The first-order valence-corrected chi connectivity index (χ1v) is 6.70. The molecule has 4 nitrogen and oxygen atoms in total. The molecule has 1 aliphatic rings. The van der Waals surface area contributed by atoms with Crippen molar-refractivity contribution in [1.29, 1.82) is 0 Å². The highest BCUT2D eigenvalue weighted by Crippen LogP contribution is 2.32. The van der Waals surface area contributed by atoms with E-state index in [1.54, 1.807) is 23.4 Å². The summed E-state index contributed by atoms with van der Waals surface area (Å²) < 4.78 is 6.25. The Morgan fingerprint density at radius 3 is 3.00 bits per heavy atom. The number of halogens is 1. The highest BCUT2D eigenvalue weighted by atomic mass is 79.9. The van der Waals surface area contributed by atoms with E-state index in [9.17, 15) is 4.79 Å². The van der Waals surface area contributed by atoms with E-state index in [-0.39, 0.29) is 5.91 Å². The molecular formula is C14H11BrN2O2. The van der Waals surface area contributed by atoms with Crippen LogP contribution in [0.3, 0.4) is 0 Å². The topological polar surface area (TPSA) is 42.4 Å². The van der Waals surface area contributed by atoms with Crippen LogP contribution in [-0.4, -0.2) is 24.0 Å². The summed E-state index contributed by atoms with van der Waals surface area (Å²) >= 11 is 3.36. The number of hydrogen-bond acceptors (Lipinski definition) is 3. The number of pyridine rings is 1. The fourth-order valence-corrected chi connectivity index (χ4v) is 2.49. The van der Waals surface area contributed by atoms with Gasteiger partial charge in [0.1, 0.15) is 12.4 Å². The lowest BCUT2D eigenvalue weighted by molar-refractivity contribution is 0.0975. The van der Waals surface area contributed by atoms with Crippen molar-refractivity contribution < 1.29 is 9.53 Å². The van der Waals surface area contributed by atoms with E-state index in [0.29, 0.717) is 23.2 Å². The molecule has 0 unspecified atom stereocenters. The van der Waals surface area contributed by atoms with Crippen LogP contribution in [0.15, 0.2) is 47.2 Å². The lowest BCUT2D eigenvalue weighted by Gasteiger charge is -2.29. The van der Waals surface area contributed by atoms with Gasteiger partial charge in [-0.15, -0.1) is 0 Å². The molecule has 1 aromatic carbocycles. The number of nitrogens with zero attached hydrogens (tertiary/aromatic N) is 2. The number of amides is 1.